The van der Waals surface area contributed by atoms with Crippen LogP contribution in [0, 0.1) is 6.92 Å². The molecular weight excluding hydrogens is 252 g/mol. The highest BCUT2D eigenvalue weighted by molar-refractivity contribution is 9.10. The van der Waals surface area contributed by atoms with Crippen molar-refractivity contribution >= 4 is 21.6 Å². The van der Waals surface area contributed by atoms with Crippen molar-refractivity contribution in [3.05, 3.63) is 28.2 Å². The van der Waals surface area contributed by atoms with Crippen LogP contribution in [-0.4, -0.2) is 19.1 Å². The summed E-state index contributed by atoms with van der Waals surface area (Å²) in [5.74, 6) is 0. The second-order valence-corrected chi connectivity index (χ2v) is 5.13. The first-order chi connectivity index (χ1) is 7.16. The predicted octanol–water partition coefficient (Wildman–Crippen LogP) is 2.69. The van der Waals surface area contributed by atoms with Gasteiger partial charge in [-0.15, -0.1) is 0 Å². The third-order valence-corrected chi connectivity index (χ3v) is 3.62. The smallest absolute Gasteiger partial charge is 0.0510 e. The van der Waals surface area contributed by atoms with Gasteiger partial charge in [0.2, 0.25) is 0 Å². The SMILES string of the molecule is Cc1ccc(N2CCC(N)CC2)c(Br)c1. The Balaban J connectivity index is 2.15. The molecule has 2 N–H and O–H groups in total. The van der Waals surface area contributed by atoms with E-state index in [-0.39, 0.29) is 0 Å². The average molecular weight is 269 g/mol. The molecule has 1 aliphatic rings. The number of anilines is 1. The number of rotatable bonds is 1. The Kier molecular flexibility index (Phi) is 3.32. The molecule has 82 valence electrons. The Bertz CT molecular complexity index is 343. The highest BCUT2D eigenvalue weighted by Crippen LogP contribution is 2.29. The van der Waals surface area contributed by atoms with Crippen molar-refractivity contribution in [3.63, 3.8) is 0 Å². The lowest BCUT2D eigenvalue weighted by molar-refractivity contribution is 0.501. The van der Waals surface area contributed by atoms with Crippen molar-refractivity contribution in [3.8, 4) is 0 Å². The number of hydrogen-bond donors (Lipinski definition) is 1. The quantitative estimate of drug-likeness (QED) is 0.849. The van der Waals surface area contributed by atoms with Crippen molar-refractivity contribution < 1.29 is 0 Å². The van der Waals surface area contributed by atoms with E-state index in [4.69, 9.17) is 5.73 Å². The first-order valence-corrected chi connectivity index (χ1v) is 6.23. The minimum atomic E-state index is 0.394. The fourth-order valence-electron chi connectivity index (χ4n) is 2.01. The van der Waals surface area contributed by atoms with Crippen LogP contribution in [0.3, 0.4) is 0 Å². The molecule has 1 aromatic rings. The fourth-order valence-corrected chi connectivity index (χ4v) is 2.75. The first kappa shape index (κ1) is 11.0. The van der Waals surface area contributed by atoms with Gasteiger partial charge in [0.25, 0.3) is 0 Å². The molecule has 0 saturated carbocycles. The lowest BCUT2D eigenvalue weighted by atomic mass is 10.1. The molecular formula is C12H17BrN2. The van der Waals surface area contributed by atoms with Crippen molar-refractivity contribution in [2.45, 2.75) is 25.8 Å². The molecule has 0 amide bonds. The number of aryl methyl sites for hydroxylation is 1. The minimum Gasteiger partial charge on any atom is -0.371 e. The summed E-state index contributed by atoms with van der Waals surface area (Å²) in [4.78, 5) is 2.41. The topological polar surface area (TPSA) is 29.3 Å². The summed E-state index contributed by atoms with van der Waals surface area (Å²) in [5.41, 5.74) is 8.49. The third kappa shape index (κ3) is 2.52. The van der Waals surface area contributed by atoms with E-state index in [0.29, 0.717) is 6.04 Å². The summed E-state index contributed by atoms with van der Waals surface area (Å²) in [7, 11) is 0. The van der Waals surface area contributed by atoms with Crippen LogP contribution in [-0.2, 0) is 0 Å². The average Bonchev–Trinajstić information content (AvgIpc) is 2.20. The van der Waals surface area contributed by atoms with Crippen molar-refractivity contribution in [2.24, 2.45) is 5.73 Å². The lowest BCUT2D eigenvalue weighted by Crippen LogP contribution is -2.39. The molecule has 1 heterocycles. The van der Waals surface area contributed by atoms with Crippen molar-refractivity contribution in [1.82, 2.24) is 0 Å². The van der Waals surface area contributed by atoms with E-state index < -0.39 is 0 Å². The van der Waals surface area contributed by atoms with Crippen molar-refractivity contribution in [2.75, 3.05) is 18.0 Å². The molecule has 1 fully saturated rings. The zero-order chi connectivity index (χ0) is 10.8. The second-order valence-electron chi connectivity index (χ2n) is 4.28. The maximum absolute atomic E-state index is 5.90. The van der Waals surface area contributed by atoms with E-state index in [1.165, 1.54) is 15.7 Å². The third-order valence-electron chi connectivity index (χ3n) is 2.98. The van der Waals surface area contributed by atoms with Crippen LogP contribution < -0.4 is 10.6 Å². The molecule has 1 saturated heterocycles. The van der Waals surface area contributed by atoms with E-state index in [1.54, 1.807) is 0 Å². The number of hydrogen-bond acceptors (Lipinski definition) is 2. The van der Waals surface area contributed by atoms with Gasteiger partial charge in [-0.25, -0.2) is 0 Å². The Morgan fingerprint density at radius 3 is 2.60 bits per heavy atom. The van der Waals surface area contributed by atoms with E-state index in [9.17, 15) is 0 Å². The van der Waals surface area contributed by atoms with Gasteiger partial charge in [0.15, 0.2) is 0 Å². The second kappa shape index (κ2) is 4.54. The van der Waals surface area contributed by atoms with Gasteiger partial charge in [-0.1, -0.05) is 6.07 Å². The highest BCUT2D eigenvalue weighted by atomic mass is 79.9. The van der Waals surface area contributed by atoms with Crippen LogP contribution in [0.15, 0.2) is 22.7 Å². The maximum Gasteiger partial charge on any atom is 0.0510 e. The Morgan fingerprint density at radius 1 is 1.33 bits per heavy atom. The molecule has 0 atom stereocenters. The van der Waals surface area contributed by atoms with Gasteiger partial charge in [0, 0.05) is 23.6 Å². The molecule has 0 radical (unpaired) electrons. The molecule has 0 spiro atoms. The predicted molar refractivity (Wildman–Crippen MR) is 68.3 cm³/mol. The number of piperidine rings is 1. The zero-order valence-electron chi connectivity index (χ0n) is 9.04. The molecule has 2 rings (SSSR count). The van der Waals surface area contributed by atoms with Gasteiger partial charge in [-0.2, -0.15) is 0 Å². The van der Waals surface area contributed by atoms with Crippen LogP contribution >= 0.6 is 15.9 Å². The van der Waals surface area contributed by atoms with Gasteiger partial charge < -0.3 is 10.6 Å². The Morgan fingerprint density at radius 2 is 2.00 bits per heavy atom. The molecule has 1 aliphatic heterocycles. The molecule has 1 aromatic carbocycles. The number of benzene rings is 1. The molecule has 3 heteroatoms. The number of nitrogens with zero attached hydrogens (tertiary/aromatic N) is 1. The monoisotopic (exact) mass is 268 g/mol. The summed E-state index contributed by atoms with van der Waals surface area (Å²) in [6.45, 7) is 4.26. The number of nitrogens with two attached hydrogens (primary N) is 1. The fraction of sp³-hybridized carbons (Fsp3) is 0.500. The van der Waals surface area contributed by atoms with Gasteiger partial charge >= 0.3 is 0 Å². The summed E-state index contributed by atoms with van der Waals surface area (Å²) in [6, 6.07) is 6.92. The largest absolute Gasteiger partial charge is 0.371 e. The van der Waals surface area contributed by atoms with Gasteiger partial charge in [0.05, 0.1) is 5.69 Å². The Labute approximate surface area is 99.6 Å². The highest BCUT2D eigenvalue weighted by Gasteiger charge is 2.17. The molecule has 15 heavy (non-hydrogen) atoms. The van der Waals surface area contributed by atoms with Gasteiger partial charge in [-0.3, -0.25) is 0 Å². The summed E-state index contributed by atoms with van der Waals surface area (Å²) < 4.78 is 1.19. The summed E-state index contributed by atoms with van der Waals surface area (Å²) in [5, 5.41) is 0. The zero-order valence-corrected chi connectivity index (χ0v) is 10.6. The first-order valence-electron chi connectivity index (χ1n) is 5.43. The molecule has 0 unspecified atom stereocenters. The van der Waals surface area contributed by atoms with Crippen molar-refractivity contribution in [1.29, 1.82) is 0 Å². The van der Waals surface area contributed by atoms with Crippen LogP contribution in [0.25, 0.3) is 0 Å². The number of halogens is 1. The van der Waals surface area contributed by atoms with Crippen LogP contribution in [0.1, 0.15) is 18.4 Å². The van der Waals surface area contributed by atoms with Crippen LogP contribution in [0.4, 0.5) is 5.69 Å². The lowest BCUT2D eigenvalue weighted by Gasteiger charge is -2.32. The van der Waals surface area contributed by atoms with E-state index in [1.807, 2.05) is 0 Å². The minimum absolute atomic E-state index is 0.394. The molecule has 0 aliphatic carbocycles. The van der Waals surface area contributed by atoms with Gasteiger partial charge in [-0.05, 0) is 53.4 Å². The van der Waals surface area contributed by atoms with E-state index in [2.05, 4.69) is 46.0 Å². The van der Waals surface area contributed by atoms with E-state index in [0.717, 1.165) is 25.9 Å². The maximum atomic E-state index is 5.90. The van der Waals surface area contributed by atoms with E-state index >= 15 is 0 Å². The normalized spacial score (nSPS) is 18.2. The van der Waals surface area contributed by atoms with Crippen LogP contribution in [0.2, 0.25) is 0 Å². The summed E-state index contributed by atoms with van der Waals surface area (Å²) in [6.07, 6.45) is 2.20. The summed E-state index contributed by atoms with van der Waals surface area (Å²) >= 11 is 3.62. The molecule has 0 bridgehead atoms. The molecule has 0 aromatic heterocycles. The molecule has 2 nitrogen and oxygen atoms in total. The van der Waals surface area contributed by atoms with Crippen LogP contribution in [0.5, 0.6) is 0 Å². The van der Waals surface area contributed by atoms with Gasteiger partial charge in [0.1, 0.15) is 0 Å². The standard InChI is InChI=1S/C12H17BrN2/c1-9-2-3-12(11(13)8-9)15-6-4-10(14)5-7-15/h2-3,8,10H,4-7,14H2,1H3. The Hall–Kier alpha value is -0.540.